The van der Waals surface area contributed by atoms with Crippen molar-refractivity contribution < 1.29 is 23.8 Å². The van der Waals surface area contributed by atoms with Gasteiger partial charge in [-0.2, -0.15) is 4.98 Å². The molecule has 4 aromatic rings. The summed E-state index contributed by atoms with van der Waals surface area (Å²) in [4.78, 5) is 21.1. The van der Waals surface area contributed by atoms with Crippen LogP contribution in [-0.4, -0.2) is 76.8 Å². The molecule has 1 aromatic carbocycles. The lowest BCUT2D eigenvalue weighted by molar-refractivity contribution is 0.108. The van der Waals surface area contributed by atoms with E-state index < -0.39 is 6.10 Å². The molecule has 5 rings (SSSR count). The number of anilines is 1. The van der Waals surface area contributed by atoms with Gasteiger partial charge in [0.1, 0.15) is 36.6 Å². The average Bonchev–Trinajstić information content (AvgIpc) is 3.55. The monoisotopic (exact) mass is 595 g/mol. The summed E-state index contributed by atoms with van der Waals surface area (Å²) in [6.07, 6.45) is 1.13. The molecular formula is C29H34ClN7O5. The molecule has 0 radical (unpaired) electrons. The third-order valence-electron chi connectivity index (χ3n) is 6.90. The van der Waals surface area contributed by atoms with Gasteiger partial charge < -0.3 is 34.1 Å². The zero-order valence-corrected chi connectivity index (χ0v) is 25.0. The van der Waals surface area contributed by atoms with Crippen LogP contribution in [0.15, 0.2) is 28.9 Å². The quantitative estimate of drug-likeness (QED) is 0.231. The van der Waals surface area contributed by atoms with Gasteiger partial charge in [-0.1, -0.05) is 16.8 Å². The van der Waals surface area contributed by atoms with Gasteiger partial charge in [0.2, 0.25) is 0 Å². The summed E-state index contributed by atoms with van der Waals surface area (Å²) in [6, 6.07) is 5.59. The van der Waals surface area contributed by atoms with Crippen LogP contribution in [0.5, 0.6) is 11.8 Å². The minimum Gasteiger partial charge on any atom is -0.491 e. The molecule has 1 aliphatic heterocycles. The maximum absolute atomic E-state index is 10.1. The molecule has 2 N–H and O–H groups in total. The zero-order valence-electron chi connectivity index (χ0n) is 24.3. The minimum atomic E-state index is -0.659. The summed E-state index contributed by atoms with van der Waals surface area (Å²) >= 11 is 6.70. The topological polar surface area (TPSA) is 141 Å². The van der Waals surface area contributed by atoms with Crippen LogP contribution < -0.4 is 19.7 Å². The molecule has 0 fully saturated rings. The SMILES string of the molecule is CNC[C@@H](O)COc1ccc(Cl)c(-c2nc(-c3c(C)noc3C)c(C)c(N3Cc4cnc(OCCOC)nc4C3)n2)c1. The fraction of sp³-hybridized carbons (Fsp3) is 0.414. The van der Waals surface area contributed by atoms with Crippen LogP contribution in [0.3, 0.4) is 0 Å². The summed E-state index contributed by atoms with van der Waals surface area (Å²) < 4.78 is 22.0. The Kier molecular flexibility index (Phi) is 9.17. The number of methoxy groups -OCH3 is 1. The second-order valence-corrected chi connectivity index (χ2v) is 10.4. The number of aromatic nitrogens is 5. The second kappa shape index (κ2) is 13.0. The zero-order chi connectivity index (χ0) is 29.8. The van der Waals surface area contributed by atoms with Gasteiger partial charge in [-0.05, 0) is 46.0 Å². The highest BCUT2D eigenvalue weighted by Crippen LogP contribution is 2.39. The molecular weight excluding hydrogens is 562 g/mol. The first kappa shape index (κ1) is 29.6. The highest BCUT2D eigenvalue weighted by Gasteiger charge is 2.28. The van der Waals surface area contributed by atoms with Crippen molar-refractivity contribution in [2.75, 3.05) is 45.4 Å². The summed E-state index contributed by atoms with van der Waals surface area (Å²) in [5.74, 6) is 2.34. The first-order chi connectivity index (χ1) is 20.3. The number of aryl methyl sites for hydroxylation is 2. The number of nitrogens with zero attached hydrogens (tertiary/aromatic N) is 6. The molecule has 0 bridgehead atoms. The van der Waals surface area contributed by atoms with Crippen molar-refractivity contribution in [3.05, 3.63) is 57.7 Å². The largest absolute Gasteiger partial charge is 0.491 e. The number of benzene rings is 1. The van der Waals surface area contributed by atoms with Gasteiger partial charge in [0, 0.05) is 43.1 Å². The van der Waals surface area contributed by atoms with Gasteiger partial charge in [-0.25, -0.2) is 15.0 Å². The van der Waals surface area contributed by atoms with Crippen molar-refractivity contribution in [1.82, 2.24) is 30.4 Å². The Hall–Kier alpha value is -3.84. The van der Waals surface area contributed by atoms with E-state index in [1.165, 1.54) is 0 Å². The number of hydrogen-bond donors (Lipinski definition) is 2. The number of aliphatic hydroxyl groups excluding tert-OH is 1. The molecule has 0 saturated carbocycles. The van der Waals surface area contributed by atoms with E-state index in [1.54, 1.807) is 38.6 Å². The molecule has 3 aromatic heterocycles. The normalized spacial score (nSPS) is 13.4. The van der Waals surface area contributed by atoms with E-state index in [0.717, 1.165) is 33.9 Å². The van der Waals surface area contributed by atoms with Gasteiger partial charge in [-0.15, -0.1) is 0 Å². The molecule has 1 aliphatic rings. The van der Waals surface area contributed by atoms with Gasteiger partial charge in [-0.3, -0.25) is 0 Å². The van der Waals surface area contributed by atoms with E-state index in [0.29, 0.717) is 72.5 Å². The van der Waals surface area contributed by atoms with E-state index in [9.17, 15) is 5.11 Å². The molecule has 222 valence electrons. The molecule has 42 heavy (non-hydrogen) atoms. The van der Waals surface area contributed by atoms with E-state index in [4.69, 9.17) is 40.3 Å². The molecule has 0 spiro atoms. The van der Waals surface area contributed by atoms with Crippen LogP contribution in [0.4, 0.5) is 5.82 Å². The Morgan fingerprint density at radius 1 is 1.12 bits per heavy atom. The lowest BCUT2D eigenvalue weighted by Crippen LogP contribution is -2.29. The summed E-state index contributed by atoms with van der Waals surface area (Å²) in [7, 11) is 3.39. The van der Waals surface area contributed by atoms with E-state index in [-0.39, 0.29) is 6.61 Å². The minimum absolute atomic E-state index is 0.122. The highest BCUT2D eigenvalue weighted by molar-refractivity contribution is 6.33. The Morgan fingerprint density at radius 2 is 1.95 bits per heavy atom. The van der Waals surface area contributed by atoms with Gasteiger partial charge in [0.15, 0.2) is 5.82 Å². The van der Waals surface area contributed by atoms with Gasteiger partial charge in [0.05, 0.1) is 40.8 Å². The number of halogens is 1. The van der Waals surface area contributed by atoms with Crippen LogP contribution >= 0.6 is 11.6 Å². The molecule has 4 heterocycles. The first-order valence-electron chi connectivity index (χ1n) is 13.6. The molecule has 0 saturated heterocycles. The summed E-state index contributed by atoms with van der Waals surface area (Å²) in [5, 5.41) is 17.6. The van der Waals surface area contributed by atoms with E-state index >= 15 is 0 Å². The van der Waals surface area contributed by atoms with Gasteiger partial charge in [0.25, 0.3) is 0 Å². The third kappa shape index (κ3) is 6.31. The smallest absolute Gasteiger partial charge is 0.316 e. The molecule has 0 unspecified atom stereocenters. The molecule has 0 aliphatic carbocycles. The van der Waals surface area contributed by atoms with Crippen molar-refractivity contribution in [3.63, 3.8) is 0 Å². The number of fused-ring (bicyclic) bond motifs is 1. The Balaban J connectivity index is 1.54. The van der Waals surface area contributed by atoms with Crippen molar-refractivity contribution >= 4 is 17.4 Å². The maximum Gasteiger partial charge on any atom is 0.316 e. The number of likely N-dealkylation sites (N-methyl/N-ethyl adjacent to an activating group) is 1. The van der Waals surface area contributed by atoms with E-state index in [2.05, 4.69) is 25.3 Å². The molecule has 1 atom stereocenters. The van der Waals surface area contributed by atoms with Crippen LogP contribution in [-0.2, 0) is 17.8 Å². The standard InChI is InChI=1S/C29H34ClN7O5/c1-16-26(25-17(2)36-42-18(25)3)34-27(22-10-21(6-7-23(22)30)41-15-20(38)12-31-4)35-28(16)37-13-19-11-32-29(33-24(19)14-37)40-9-8-39-5/h6-7,10-11,20,31,38H,8-9,12-15H2,1-5H3/t20-/m1/s1. The lowest BCUT2D eigenvalue weighted by atomic mass is 10.0. The third-order valence-corrected chi connectivity index (χ3v) is 7.23. The molecule has 0 amide bonds. The number of ether oxygens (including phenoxy) is 3. The van der Waals surface area contributed by atoms with Crippen molar-refractivity contribution in [3.8, 4) is 34.4 Å². The van der Waals surface area contributed by atoms with Crippen molar-refractivity contribution in [2.24, 2.45) is 0 Å². The number of nitrogens with one attached hydrogen (secondary N) is 1. The lowest BCUT2D eigenvalue weighted by Gasteiger charge is -2.22. The number of rotatable bonds is 12. The number of aliphatic hydroxyl groups is 1. The fourth-order valence-corrected chi connectivity index (χ4v) is 5.02. The Bertz CT molecular complexity index is 1540. The first-order valence-corrected chi connectivity index (χ1v) is 14.0. The van der Waals surface area contributed by atoms with Crippen molar-refractivity contribution in [1.29, 1.82) is 0 Å². The van der Waals surface area contributed by atoms with E-state index in [1.807, 2.05) is 20.8 Å². The Labute approximate surface area is 249 Å². The summed E-state index contributed by atoms with van der Waals surface area (Å²) in [6.45, 7) is 8.16. The molecule has 13 heteroatoms. The predicted molar refractivity (Wildman–Crippen MR) is 157 cm³/mol. The van der Waals surface area contributed by atoms with Crippen molar-refractivity contribution in [2.45, 2.75) is 40.0 Å². The highest BCUT2D eigenvalue weighted by atomic mass is 35.5. The summed E-state index contributed by atoms with van der Waals surface area (Å²) in [5.41, 5.74) is 5.54. The Morgan fingerprint density at radius 3 is 2.69 bits per heavy atom. The predicted octanol–water partition coefficient (Wildman–Crippen LogP) is 3.67. The van der Waals surface area contributed by atoms with Crippen LogP contribution in [0.25, 0.3) is 22.6 Å². The number of hydrogen-bond acceptors (Lipinski definition) is 12. The van der Waals surface area contributed by atoms with Crippen LogP contribution in [0.1, 0.15) is 28.3 Å². The van der Waals surface area contributed by atoms with Gasteiger partial charge >= 0.3 is 6.01 Å². The van der Waals surface area contributed by atoms with Crippen LogP contribution in [0.2, 0.25) is 5.02 Å². The maximum atomic E-state index is 10.1. The molecule has 12 nitrogen and oxygen atoms in total. The average molecular weight is 596 g/mol. The fourth-order valence-electron chi connectivity index (χ4n) is 4.82. The van der Waals surface area contributed by atoms with Crippen LogP contribution in [0, 0.1) is 20.8 Å². The second-order valence-electron chi connectivity index (χ2n) is 10.0.